The first-order valence-electron chi connectivity index (χ1n) is 8.98. The van der Waals surface area contributed by atoms with E-state index in [1.54, 1.807) is 18.3 Å². The summed E-state index contributed by atoms with van der Waals surface area (Å²) in [7, 11) is 0. The number of rotatable bonds is 3. The predicted molar refractivity (Wildman–Crippen MR) is 114 cm³/mol. The zero-order valence-electron chi connectivity index (χ0n) is 15.1. The summed E-state index contributed by atoms with van der Waals surface area (Å²) in [5, 5.41) is 16.6. The lowest BCUT2D eigenvalue weighted by Crippen LogP contribution is -1.99. The van der Waals surface area contributed by atoms with Gasteiger partial charge in [0, 0.05) is 21.4 Å². The van der Waals surface area contributed by atoms with Crippen LogP contribution in [0.5, 0.6) is 0 Å². The molecule has 0 amide bonds. The van der Waals surface area contributed by atoms with Crippen LogP contribution in [0.15, 0.2) is 79.0 Å². The van der Waals surface area contributed by atoms with Crippen molar-refractivity contribution in [1.82, 2.24) is 14.8 Å². The maximum Gasteiger partial charge on any atom is 0.337 e. The predicted octanol–water partition coefficient (Wildman–Crippen LogP) is 5.59. The van der Waals surface area contributed by atoms with Crippen molar-refractivity contribution in [2.24, 2.45) is 0 Å². The third-order valence-electron chi connectivity index (χ3n) is 4.88. The molecule has 0 saturated heterocycles. The summed E-state index contributed by atoms with van der Waals surface area (Å²) < 4.78 is 1.86. The number of aromatic carboxylic acids is 1. The summed E-state index contributed by atoms with van der Waals surface area (Å²) in [6.07, 6.45) is 1.63. The lowest BCUT2D eigenvalue weighted by atomic mass is 10.0. The summed E-state index contributed by atoms with van der Waals surface area (Å²) in [5.41, 5.74) is 3.98. The topological polar surface area (TPSA) is 68.0 Å². The second-order valence-corrected chi connectivity index (χ2v) is 7.06. The first-order valence-corrected chi connectivity index (χ1v) is 9.36. The van der Waals surface area contributed by atoms with Crippen LogP contribution in [0.2, 0.25) is 5.02 Å². The van der Waals surface area contributed by atoms with Crippen LogP contribution in [0.3, 0.4) is 0 Å². The molecular weight excluding hydrogens is 386 g/mol. The van der Waals surface area contributed by atoms with E-state index in [-0.39, 0.29) is 5.56 Å². The highest BCUT2D eigenvalue weighted by molar-refractivity contribution is 6.30. The highest BCUT2D eigenvalue weighted by Gasteiger charge is 2.20. The van der Waals surface area contributed by atoms with E-state index in [1.807, 2.05) is 65.3 Å². The van der Waals surface area contributed by atoms with Crippen LogP contribution in [-0.2, 0) is 0 Å². The molecule has 140 valence electrons. The Kier molecular flexibility index (Phi) is 4.03. The third kappa shape index (κ3) is 2.83. The summed E-state index contributed by atoms with van der Waals surface area (Å²) in [6, 6.07) is 22.5. The molecule has 5 aromatic rings. The van der Waals surface area contributed by atoms with Gasteiger partial charge in [-0.05, 0) is 30.3 Å². The molecule has 0 spiro atoms. The Bertz CT molecular complexity index is 1380. The normalized spacial score (nSPS) is 11.2. The number of hydrogen-bond donors (Lipinski definition) is 1. The fourth-order valence-electron chi connectivity index (χ4n) is 3.60. The quantitative estimate of drug-likeness (QED) is 0.429. The van der Waals surface area contributed by atoms with E-state index in [2.05, 4.69) is 4.98 Å². The van der Waals surface area contributed by atoms with E-state index < -0.39 is 5.97 Å². The lowest BCUT2D eigenvalue weighted by molar-refractivity contribution is 0.0699. The zero-order valence-corrected chi connectivity index (χ0v) is 15.8. The molecule has 5 nitrogen and oxygen atoms in total. The maximum absolute atomic E-state index is 11.7. The molecule has 0 aliphatic heterocycles. The van der Waals surface area contributed by atoms with Gasteiger partial charge in [-0.1, -0.05) is 54.1 Å². The van der Waals surface area contributed by atoms with Gasteiger partial charge in [0.05, 0.1) is 28.7 Å². The second-order valence-electron chi connectivity index (χ2n) is 6.63. The molecule has 0 radical (unpaired) electrons. The van der Waals surface area contributed by atoms with Crippen LogP contribution >= 0.6 is 11.6 Å². The number of fused-ring (bicyclic) bond motifs is 3. The third-order valence-corrected chi connectivity index (χ3v) is 5.13. The monoisotopic (exact) mass is 399 g/mol. The van der Waals surface area contributed by atoms with Crippen molar-refractivity contribution in [3.05, 3.63) is 89.6 Å². The number of para-hydroxylation sites is 2. The molecule has 5 rings (SSSR count). The first kappa shape index (κ1) is 17.4. The van der Waals surface area contributed by atoms with Crippen molar-refractivity contribution in [3.8, 4) is 16.9 Å². The van der Waals surface area contributed by atoms with E-state index >= 15 is 0 Å². The Morgan fingerprint density at radius 3 is 2.41 bits per heavy atom. The Morgan fingerprint density at radius 1 is 0.931 bits per heavy atom. The number of nitrogens with zero attached hydrogens (tertiary/aromatic N) is 3. The molecule has 0 aliphatic rings. The van der Waals surface area contributed by atoms with Crippen molar-refractivity contribution in [2.45, 2.75) is 0 Å². The minimum absolute atomic E-state index is 0.166. The van der Waals surface area contributed by atoms with Crippen molar-refractivity contribution in [2.75, 3.05) is 0 Å². The van der Waals surface area contributed by atoms with Gasteiger partial charge in [0.15, 0.2) is 0 Å². The summed E-state index contributed by atoms with van der Waals surface area (Å²) in [4.78, 5) is 16.1. The lowest BCUT2D eigenvalue weighted by Gasteiger charge is -2.09. The molecule has 2 aromatic heterocycles. The van der Waals surface area contributed by atoms with Crippen LogP contribution in [-0.4, -0.2) is 25.8 Å². The first-order chi connectivity index (χ1) is 14.1. The highest BCUT2D eigenvalue weighted by atomic mass is 35.5. The fourth-order valence-corrected chi connectivity index (χ4v) is 3.73. The Labute approximate surface area is 170 Å². The van der Waals surface area contributed by atoms with Crippen molar-refractivity contribution >= 4 is 39.4 Å². The second kappa shape index (κ2) is 6.72. The van der Waals surface area contributed by atoms with E-state index in [9.17, 15) is 9.90 Å². The Hall–Kier alpha value is -3.70. The van der Waals surface area contributed by atoms with Gasteiger partial charge >= 0.3 is 5.97 Å². The number of carboxylic acids is 1. The summed E-state index contributed by atoms with van der Waals surface area (Å²) in [5.74, 6) is -1.01. The maximum atomic E-state index is 11.7. The number of aromatic nitrogens is 3. The molecule has 29 heavy (non-hydrogen) atoms. The SMILES string of the molecule is O=C(O)c1cccc2c1ncc1nn(-c3ccccc3)c(-c3ccc(Cl)cc3)c12. The largest absolute Gasteiger partial charge is 0.478 e. The molecular formula is C23H14ClN3O2. The molecule has 0 atom stereocenters. The van der Waals surface area contributed by atoms with Gasteiger partial charge in [0.2, 0.25) is 0 Å². The Balaban J connectivity index is 1.94. The highest BCUT2D eigenvalue weighted by Crippen LogP contribution is 2.36. The number of hydrogen-bond acceptors (Lipinski definition) is 3. The number of benzene rings is 3. The minimum Gasteiger partial charge on any atom is -0.478 e. The van der Waals surface area contributed by atoms with Crippen LogP contribution in [0.25, 0.3) is 38.8 Å². The van der Waals surface area contributed by atoms with Gasteiger partial charge in [-0.15, -0.1) is 0 Å². The van der Waals surface area contributed by atoms with Crippen LogP contribution in [0, 0.1) is 0 Å². The minimum atomic E-state index is -1.01. The molecule has 1 N–H and O–H groups in total. The van der Waals surface area contributed by atoms with E-state index in [1.165, 1.54) is 0 Å². The summed E-state index contributed by atoms with van der Waals surface area (Å²) >= 11 is 6.10. The van der Waals surface area contributed by atoms with Crippen molar-refractivity contribution in [1.29, 1.82) is 0 Å². The van der Waals surface area contributed by atoms with Crippen LogP contribution < -0.4 is 0 Å². The number of halogens is 1. The Morgan fingerprint density at radius 2 is 1.69 bits per heavy atom. The van der Waals surface area contributed by atoms with Crippen LogP contribution in [0.4, 0.5) is 0 Å². The molecule has 0 fully saturated rings. The standard InChI is InChI=1S/C23H14ClN3O2/c24-15-11-9-14(10-12-15)22-20-17-7-4-8-18(23(28)29)21(17)25-13-19(20)26-27(22)16-5-2-1-3-6-16/h1-13H,(H,28,29). The van der Waals surface area contributed by atoms with Gasteiger partial charge in [-0.2, -0.15) is 5.10 Å². The van der Waals surface area contributed by atoms with Gasteiger partial charge in [-0.3, -0.25) is 4.98 Å². The van der Waals surface area contributed by atoms with Gasteiger partial charge in [0.1, 0.15) is 5.52 Å². The zero-order chi connectivity index (χ0) is 20.0. The van der Waals surface area contributed by atoms with Crippen LogP contribution in [0.1, 0.15) is 10.4 Å². The van der Waals surface area contributed by atoms with Crippen molar-refractivity contribution < 1.29 is 9.90 Å². The molecule has 3 aromatic carbocycles. The van der Waals surface area contributed by atoms with E-state index in [4.69, 9.17) is 16.7 Å². The molecule has 0 bridgehead atoms. The number of carbonyl (C=O) groups is 1. The smallest absolute Gasteiger partial charge is 0.337 e. The van der Waals surface area contributed by atoms with Crippen molar-refractivity contribution in [3.63, 3.8) is 0 Å². The molecule has 0 unspecified atom stereocenters. The molecule has 0 aliphatic carbocycles. The number of pyridine rings is 1. The summed E-state index contributed by atoms with van der Waals surface area (Å²) in [6.45, 7) is 0. The molecule has 2 heterocycles. The average Bonchev–Trinajstić information content (AvgIpc) is 3.14. The van der Waals surface area contributed by atoms with Gasteiger partial charge in [0.25, 0.3) is 0 Å². The van der Waals surface area contributed by atoms with Gasteiger partial charge in [-0.25, -0.2) is 9.48 Å². The average molecular weight is 400 g/mol. The fraction of sp³-hybridized carbons (Fsp3) is 0. The van der Waals surface area contributed by atoms with E-state index in [0.717, 1.165) is 27.7 Å². The molecule has 6 heteroatoms. The van der Waals surface area contributed by atoms with E-state index in [0.29, 0.717) is 16.1 Å². The number of carboxylic acid groups (broad SMARTS) is 1. The molecule has 0 saturated carbocycles. The van der Waals surface area contributed by atoms with Gasteiger partial charge < -0.3 is 5.11 Å².